The number of rotatable bonds is 4. The molecule has 0 aliphatic carbocycles. The van der Waals surface area contributed by atoms with E-state index in [1.165, 1.54) is 23.3 Å². The Balaban J connectivity index is 1.49. The first-order valence-electron chi connectivity index (χ1n) is 9.73. The Morgan fingerprint density at radius 3 is 2.53 bits per heavy atom. The van der Waals surface area contributed by atoms with Crippen molar-refractivity contribution in [2.24, 2.45) is 0 Å². The van der Waals surface area contributed by atoms with Gasteiger partial charge in [0.15, 0.2) is 15.0 Å². The van der Waals surface area contributed by atoms with Gasteiger partial charge in [-0.1, -0.05) is 41.4 Å². The molecule has 0 amide bonds. The van der Waals surface area contributed by atoms with Gasteiger partial charge in [0, 0.05) is 29.1 Å². The van der Waals surface area contributed by atoms with Gasteiger partial charge in [0.05, 0.1) is 20.9 Å². The molecule has 158 valence electrons. The monoisotopic (exact) mass is 480 g/mol. The van der Waals surface area contributed by atoms with E-state index in [9.17, 15) is 8.42 Å². The Morgan fingerprint density at radius 2 is 1.83 bits per heavy atom. The van der Waals surface area contributed by atoms with Crippen molar-refractivity contribution < 1.29 is 8.42 Å². The molecule has 4 rings (SSSR count). The van der Waals surface area contributed by atoms with Gasteiger partial charge in [0.25, 0.3) is 0 Å². The van der Waals surface area contributed by atoms with Gasteiger partial charge in [0.2, 0.25) is 0 Å². The lowest BCUT2D eigenvalue weighted by Crippen LogP contribution is -2.39. The Kier molecular flexibility index (Phi) is 6.13. The molecular weight excluding hydrogens is 459 g/mol. The molecule has 3 aromatic rings. The van der Waals surface area contributed by atoms with Crippen molar-refractivity contribution in [1.82, 2.24) is 4.98 Å². The minimum absolute atomic E-state index is 0.165. The van der Waals surface area contributed by atoms with Crippen molar-refractivity contribution in [1.29, 1.82) is 0 Å². The highest BCUT2D eigenvalue weighted by atomic mass is 35.5. The highest BCUT2D eigenvalue weighted by molar-refractivity contribution is 7.92. The molecule has 1 fully saturated rings. The maximum absolute atomic E-state index is 13.1. The summed E-state index contributed by atoms with van der Waals surface area (Å²) < 4.78 is 26.1. The molecule has 2 aromatic carbocycles. The fraction of sp³-hybridized carbons (Fsp3) is 0.318. The van der Waals surface area contributed by atoms with Crippen molar-refractivity contribution in [2.75, 3.05) is 18.0 Å². The van der Waals surface area contributed by atoms with E-state index in [0.717, 1.165) is 16.4 Å². The van der Waals surface area contributed by atoms with Crippen molar-refractivity contribution in [3.63, 3.8) is 0 Å². The predicted octanol–water partition coefficient (Wildman–Crippen LogP) is 6.18. The summed E-state index contributed by atoms with van der Waals surface area (Å²) in [6.45, 7) is 5.51. The summed E-state index contributed by atoms with van der Waals surface area (Å²) in [6.07, 6.45) is 1.08. The van der Waals surface area contributed by atoms with Crippen LogP contribution < -0.4 is 4.90 Å². The molecular formula is C22H22Cl2N2O2S2. The maximum atomic E-state index is 13.1. The molecule has 1 saturated heterocycles. The average molecular weight is 481 g/mol. The Labute approximate surface area is 191 Å². The molecule has 0 atom stereocenters. The van der Waals surface area contributed by atoms with Crippen molar-refractivity contribution >= 4 is 49.5 Å². The zero-order chi connectivity index (χ0) is 21.5. The molecule has 0 bridgehead atoms. The lowest BCUT2D eigenvalue weighted by Gasteiger charge is -2.31. The normalized spacial score (nSPS) is 15.5. The molecule has 8 heteroatoms. The smallest absolute Gasteiger partial charge is 0.185 e. The third-order valence-electron chi connectivity index (χ3n) is 5.72. The van der Waals surface area contributed by atoms with E-state index < -0.39 is 15.1 Å². The van der Waals surface area contributed by atoms with Crippen molar-refractivity contribution in [3.8, 4) is 11.3 Å². The molecule has 0 saturated carbocycles. The average Bonchev–Trinajstić information content (AvgIpc) is 3.20. The summed E-state index contributed by atoms with van der Waals surface area (Å²) in [5.74, 6) is 0. The lowest BCUT2D eigenvalue weighted by molar-refractivity contribution is 0.529. The zero-order valence-electron chi connectivity index (χ0n) is 16.7. The molecule has 0 unspecified atom stereocenters. The molecule has 1 aromatic heterocycles. The van der Waals surface area contributed by atoms with Gasteiger partial charge in [0.1, 0.15) is 0 Å². The Hall–Kier alpha value is -1.60. The van der Waals surface area contributed by atoms with Crippen LogP contribution in [-0.4, -0.2) is 31.7 Å². The molecule has 4 nitrogen and oxygen atoms in total. The van der Waals surface area contributed by atoms with Crippen LogP contribution in [0.5, 0.6) is 0 Å². The van der Waals surface area contributed by atoms with E-state index >= 15 is 0 Å². The third kappa shape index (κ3) is 4.11. The number of hydrogen-bond acceptors (Lipinski definition) is 5. The molecule has 1 aliphatic heterocycles. The van der Waals surface area contributed by atoms with Gasteiger partial charge in [-0.25, -0.2) is 13.4 Å². The van der Waals surface area contributed by atoms with Crippen LogP contribution in [0.25, 0.3) is 11.3 Å². The molecule has 2 heterocycles. The number of halogens is 2. The first-order chi connectivity index (χ1) is 14.3. The fourth-order valence-corrected chi connectivity index (χ4v) is 7.19. The van der Waals surface area contributed by atoms with Crippen LogP contribution in [0.4, 0.5) is 5.13 Å². The van der Waals surface area contributed by atoms with Gasteiger partial charge >= 0.3 is 0 Å². The van der Waals surface area contributed by atoms with E-state index in [0.29, 0.717) is 31.0 Å². The number of aromatic nitrogens is 1. The number of piperidine rings is 1. The summed E-state index contributed by atoms with van der Waals surface area (Å²) in [5.41, 5.74) is 4.60. The standard InChI is InChI=1S/C22H22Cl2N2O2S2/c1-14-4-3-5-18(15(14)2)20-13-29-22(25-20)26-10-8-17(9-11-26)30(27,28)21-7-6-16(23)12-19(21)24/h3-7,12-13,17H,8-11H2,1-2H3. The number of benzene rings is 2. The predicted molar refractivity (Wildman–Crippen MR) is 126 cm³/mol. The lowest BCUT2D eigenvalue weighted by atomic mass is 10.0. The second-order valence-electron chi connectivity index (χ2n) is 7.57. The van der Waals surface area contributed by atoms with Gasteiger partial charge in [-0.05, 0) is 56.0 Å². The highest BCUT2D eigenvalue weighted by Gasteiger charge is 2.33. The largest absolute Gasteiger partial charge is 0.348 e. The molecule has 0 spiro atoms. The molecule has 1 aliphatic rings. The van der Waals surface area contributed by atoms with Crippen molar-refractivity contribution in [2.45, 2.75) is 36.8 Å². The molecule has 30 heavy (non-hydrogen) atoms. The summed E-state index contributed by atoms with van der Waals surface area (Å²) >= 11 is 13.7. The van der Waals surface area contributed by atoms with E-state index in [1.54, 1.807) is 17.4 Å². The number of nitrogens with zero attached hydrogens (tertiary/aromatic N) is 2. The van der Waals surface area contributed by atoms with Gasteiger partial charge < -0.3 is 4.90 Å². The van der Waals surface area contributed by atoms with Gasteiger partial charge in [-0.15, -0.1) is 11.3 Å². The third-order valence-corrected chi connectivity index (χ3v) is 9.60. The maximum Gasteiger partial charge on any atom is 0.185 e. The topological polar surface area (TPSA) is 50.3 Å². The minimum Gasteiger partial charge on any atom is -0.348 e. The first kappa shape index (κ1) is 21.6. The number of sulfone groups is 1. The number of anilines is 1. The highest BCUT2D eigenvalue weighted by Crippen LogP contribution is 2.35. The van der Waals surface area contributed by atoms with Crippen LogP contribution in [0.1, 0.15) is 24.0 Å². The zero-order valence-corrected chi connectivity index (χ0v) is 19.9. The van der Waals surface area contributed by atoms with E-state index in [-0.39, 0.29) is 9.92 Å². The summed E-state index contributed by atoms with van der Waals surface area (Å²) in [5, 5.41) is 3.17. The van der Waals surface area contributed by atoms with E-state index in [1.807, 2.05) is 0 Å². The van der Waals surface area contributed by atoms with Crippen LogP contribution >= 0.6 is 34.5 Å². The minimum atomic E-state index is -3.50. The Morgan fingerprint density at radius 1 is 1.10 bits per heavy atom. The van der Waals surface area contributed by atoms with Crippen LogP contribution in [0.3, 0.4) is 0 Å². The van der Waals surface area contributed by atoms with Crippen LogP contribution in [0.15, 0.2) is 46.7 Å². The Bertz CT molecular complexity index is 1180. The second kappa shape index (κ2) is 8.50. The van der Waals surface area contributed by atoms with Gasteiger partial charge in [-0.2, -0.15) is 0 Å². The van der Waals surface area contributed by atoms with Crippen LogP contribution in [0.2, 0.25) is 10.0 Å². The number of thiazole rings is 1. The van der Waals surface area contributed by atoms with Gasteiger partial charge in [-0.3, -0.25) is 0 Å². The fourth-order valence-electron chi connectivity index (χ4n) is 3.80. The summed E-state index contributed by atoms with van der Waals surface area (Å²) in [7, 11) is -3.50. The van der Waals surface area contributed by atoms with E-state index in [2.05, 4.69) is 42.3 Å². The number of aryl methyl sites for hydroxylation is 1. The van der Waals surface area contributed by atoms with Crippen LogP contribution in [-0.2, 0) is 9.84 Å². The first-order valence-corrected chi connectivity index (χ1v) is 12.9. The van der Waals surface area contributed by atoms with Crippen molar-refractivity contribution in [3.05, 3.63) is 63.0 Å². The van der Waals surface area contributed by atoms with E-state index in [4.69, 9.17) is 28.2 Å². The second-order valence-corrected chi connectivity index (χ2v) is 11.4. The summed E-state index contributed by atoms with van der Waals surface area (Å²) in [6, 6.07) is 10.8. The SMILES string of the molecule is Cc1cccc(-c2csc(N3CCC(S(=O)(=O)c4ccc(Cl)cc4Cl)CC3)n2)c1C. The molecule has 0 N–H and O–H groups in total. The summed E-state index contributed by atoms with van der Waals surface area (Å²) in [4.78, 5) is 7.18. The van der Waals surface area contributed by atoms with Crippen LogP contribution in [0, 0.1) is 13.8 Å². The quantitative estimate of drug-likeness (QED) is 0.447. The molecule has 0 radical (unpaired) electrons. The number of hydrogen-bond donors (Lipinski definition) is 0.